The van der Waals surface area contributed by atoms with E-state index in [1.807, 2.05) is 30.5 Å². The molecule has 0 aliphatic carbocycles. The second-order valence-electron chi connectivity index (χ2n) is 6.00. The minimum atomic E-state index is -0.706. The number of nitrogens with zero attached hydrogens (tertiary/aromatic N) is 2. The third-order valence-electron chi connectivity index (χ3n) is 4.27. The molecule has 1 atom stereocenters. The molecule has 25 heavy (non-hydrogen) atoms. The predicted molar refractivity (Wildman–Crippen MR) is 96.3 cm³/mol. The van der Waals surface area contributed by atoms with Crippen LogP contribution >= 0.6 is 11.3 Å². The average Bonchev–Trinajstić information content (AvgIpc) is 3.25. The molecule has 0 saturated carbocycles. The maximum absolute atomic E-state index is 11.1. The Morgan fingerprint density at radius 3 is 2.96 bits per heavy atom. The van der Waals surface area contributed by atoms with Gasteiger partial charge in [-0.15, -0.1) is 11.3 Å². The van der Waals surface area contributed by atoms with E-state index in [4.69, 9.17) is 19.6 Å². The Morgan fingerprint density at radius 1 is 1.44 bits per heavy atom. The number of carboxylic acid groups (broad SMARTS) is 1. The van der Waals surface area contributed by atoms with Gasteiger partial charge in [-0.25, -0.2) is 4.98 Å². The van der Waals surface area contributed by atoms with E-state index in [1.54, 1.807) is 18.4 Å². The third kappa shape index (κ3) is 4.11. The van der Waals surface area contributed by atoms with Crippen molar-refractivity contribution >= 4 is 17.3 Å². The second-order valence-corrected chi connectivity index (χ2v) is 6.86. The lowest BCUT2D eigenvalue weighted by Gasteiger charge is -2.13. The van der Waals surface area contributed by atoms with Crippen LogP contribution in [0.5, 0.6) is 11.5 Å². The molecule has 1 unspecified atom stereocenters. The number of ether oxygens (including phenoxy) is 2. The van der Waals surface area contributed by atoms with Crippen LogP contribution in [0.1, 0.15) is 19.0 Å². The van der Waals surface area contributed by atoms with Crippen LogP contribution in [0.4, 0.5) is 0 Å². The Morgan fingerprint density at radius 2 is 2.28 bits per heavy atom. The molecule has 134 valence electrons. The van der Waals surface area contributed by atoms with E-state index in [-0.39, 0.29) is 5.92 Å². The zero-order valence-electron chi connectivity index (χ0n) is 14.4. The number of likely N-dealkylation sites (tertiary alicyclic amines) is 1. The summed E-state index contributed by atoms with van der Waals surface area (Å²) in [5.41, 5.74) is 1.96. The fraction of sp³-hybridized carbons (Fsp3) is 0.444. The lowest BCUT2D eigenvalue weighted by Crippen LogP contribution is -2.22. The summed E-state index contributed by atoms with van der Waals surface area (Å²) in [4.78, 5) is 17.9. The summed E-state index contributed by atoms with van der Waals surface area (Å²) < 4.78 is 10.9. The van der Waals surface area contributed by atoms with E-state index < -0.39 is 5.97 Å². The SMILES string of the molecule is CCOc1ccc(-c2nc(CN3CCC(C(=O)O)C3)cs2)cc1OC. The number of rotatable bonds is 7. The number of hydrogen-bond donors (Lipinski definition) is 1. The summed E-state index contributed by atoms with van der Waals surface area (Å²) in [6.45, 7) is 4.62. The van der Waals surface area contributed by atoms with Crippen molar-refractivity contribution in [2.24, 2.45) is 5.92 Å². The lowest BCUT2D eigenvalue weighted by molar-refractivity contribution is -0.141. The van der Waals surface area contributed by atoms with Crippen molar-refractivity contribution in [3.8, 4) is 22.1 Å². The van der Waals surface area contributed by atoms with Gasteiger partial charge >= 0.3 is 5.97 Å². The summed E-state index contributed by atoms with van der Waals surface area (Å²) in [5.74, 6) is 0.457. The van der Waals surface area contributed by atoms with Gasteiger partial charge in [0.2, 0.25) is 0 Å². The van der Waals surface area contributed by atoms with E-state index in [2.05, 4.69) is 4.90 Å². The number of benzene rings is 1. The largest absolute Gasteiger partial charge is 0.493 e. The van der Waals surface area contributed by atoms with Crippen LogP contribution in [0.3, 0.4) is 0 Å². The maximum atomic E-state index is 11.1. The van der Waals surface area contributed by atoms with E-state index in [0.717, 1.165) is 28.6 Å². The first-order valence-corrected chi connectivity index (χ1v) is 9.19. The molecule has 7 heteroatoms. The number of aromatic nitrogens is 1. The summed E-state index contributed by atoms with van der Waals surface area (Å²) in [6, 6.07) is 5.81. The summed E-state index contributed by atoms with van der Waals surface area (Å²) in [7, 11) is 1.63. The van der Waals surface area contributed by atoms with Crippen molar-refractivity contribution in [3.05, 3.63) is 29.3 Å². The fourth-order valence-electron chi connectivity index (χ4n) is 2.99. The Labute approximate surface area is 151 Å². The number of carboxylic acids is 1. The Balaban J connectivity index is 1.70. The number of thiazole rings is 1. The quantitative estimate of drug-likeness (QED) is 0.816. The highest BCUT2D eigenvalue weighted by molar-refractivity contribution is 7.13. The predicted octanol–water partition coefficient (Wildman–Crippen LogP) is 3.12. The smallest absolute Gasteiger partial charge is 0.307 e. The normalized spacial score (nSPS) is 17.6. The van der Waals surface area contributed by atoms with Gasteiger partial charge in [-0.1, -0.05) is 0 Å². The Hall–Kier alpha value is -2.12. The van der Waals surface area contributed by atoms with Crippen LogP contribution in [-0.4, -0.2) is 47.8 Å². The molecule has 0 radical (unpaired) electrons. The van der Waals surface area contributed by atoms with Crippen LogP contribution in [0, 0.1) is 5.92 Å². The third-order valence-corrected chi connectivity index (χ3v) is 5.21. The first-order chi connectivity index (χ1) is 12.1. The van der Waals surface area contributed by atoms with E-state index in [0.29, 0.717) is 31.9 Å². The molecule has 2 aromatic rings. The van der Waals surface area contributed by atoms with Gasteiger partial charge in [-0.05, 0) is 38.1 Å². The van der Waals surface area contributed by atoms with Crippen LogP contribution < -0.4 is 9.47 Å². The van der Waals surface area contributed by atoms with Crippen molar-refractivity contribution in [1.82, 2.24) is 9.88 Å². The number of carbonyl (C=O) groups is 1. The van der Waals surface area contributed by atoms with Crippen LogP contribution in [0.25, 0.3) is 10.6 Å². The first kappa shape index (κ1) is 17.7. The van der Waals surface area contributed by atoms with Crippen LogP contribution in [-0.2, 0) is 11.3 Å². The molecule has 2 heterocycles. The molecule has 1 aromatic heterocycles. The van der Waals surface area contributed by atoms with Gasteiger partial charge < -0.3 is 14.6 Å². The minimum absolute atomic E-state index is 0.256. The summed E-state index contributed by atoms with van der Waals surface area (Å²) in [5, 5.41) is 12.1. The molecule has 1 aliphatic heterocycles. The van der Waals surface area contributed by atoms with Crippen molar-refractivity contribution in [2.45, 2.75) is 19.9 Å². The molecule has 1 aliphatic rings. The maximum Gasteiger partial charge on any atom is 0.307 e. The second kappa shape index (κ2) is 7.84. The van der Waals surface area contributed by atoms with Crippen LogP contribution in [0.2, 0.25) is 0 Å². The first-order valence-electron chi connectivity index (χ1n) is 8.31. The molecule has 6 nitrogen and oxygen atoms in total. The van der Waals surface area contributed by atoms with Crippen molar-refractivity contribution < 1.29 is 19.4 Å². The topological polar surface area (TPSA) is 71.9 Å². The molecule has 1 aromatic carbocycles. The van der Waals surface area contributed by atoms with Gasteiger partial charge in [0, 0.05) is 24.0 Å². The van der Waals surface area contributed by atoms with E-state index >= 15 is 0 Å². The monoisotopic (exact) mass is 362 g/mol. The molecule has 0 amide bonds. The molecular weight excluding hydrogens is 340 g/mol. The minimum Gasteiger partial charge on any atom is -0.493 e. The number of hydrogen-bond acceptors (Lipinski definition) is 6. The standard InChI is InChI=1S/C18H22N2O4S/c1-3-24-15-5-4-12(8-16(15)23-2)17-19-14(11-25-17)10-20-7-6-13(9-20)18(21)22/h4-5,8,11,13H,3,6-7,9-10H2,1-2H3,(H,21,22). The van der Waals surface area contributed by atoms with E-state index in [9.17, 15) is 4.79 Å². The van der Waals surface area contributed by atoms with Gasteiger partial charge in [0.1, 0.15) is 5.01 Å². The molecule has 0 spiro atoms. The summed E-state index contributed by atoms with van der Waals surface area (Å²) >= 11 is 1.58. The molecule has 3 rings (SSSR count). The van der Waals surface area contributed by atoms with Crippen molar-refractivity contribution in [2.75, 3.05) is 26.8 Å². The average molecular weight is 362 g/mol. The molecule has 1 fully saturated rings. The van der Waals surface area contributed by atoms with Gasteiger partial charge in [-0.2, -0.15) is 0 Å². The highest BCUT2D eigenvalue weighted by Gasteiger charge is 2.28. The zero-order chi connectivity index (χ0) is 17.8. The highest BCUT2D eigenvalue weighted by Crippen LogP contribution is 2.34. The molecule has 1 saturated heterocycles. The zero-order valence-corrected chi connectivity index (χ0v) is 15.2. The van der Waals surface area contributed by atoms with Crippen molar-refractivity contribution in [1.29, 1.82) is 0 Å². The number of aliphatic carboxylic acids is 1. The fourth-order valence-corrected chi connectivity index (χ4v) is 3.80. The van der Waals surface area contributed by atoms with Gasteiger partial charge in [0.05, 0.1) is 25.3 Å². The highest BCUT2D eigenvalue weighted by atomic mass is 32.1. The van der Waals surface area contributed by atoms with Gasteiger partial charge in [0.15, 0.2) is 11.5 Å². The Bertz CT molecular complexity index is 746. The Kier molecular flexibility index (Phi) is 5.55. The van der Waals surface area contributed by atoms with E-state index in [1.165, 1.54) is 0 Å². The van der Waals surface area contributed by atoms with Crippen LogP contribution in [0.15, 0.2) is 23.6 Å². The molecule has 0 bridgehead atoms. The molecular formula is C18H22N2O4S. The number of methoxy groups -OCH3 is 1. The van der Waals surface area contributed by atoms with Gasteiger partial charge in [0.25, 0.3) is 0 Å². The summed E-state index contributed by atoms with van der Waals surface area (Å²) in [6.07, 6.45) is 0.711. The van der Waals surface area contributed by atoms with Crippen molar-refractivity contribution in [3.63, 3.8) is 0 Å². The lowest BCUT2D eigenvalue weighted by atomic mass is 10.1. The van der Waals surface area contributed by atoms with Gasteiger partial charge in [-0.3, -0.25) is 9.69 Å². The molecule has 1 N–H and O–H groups in total.